The quantitative estimate of drug-likeness (QED) is 0.511. The molecule has 2 heterocycles. The lowest BCUT2D eigenvalue weighted by Gasteiger charge is -2.37. The Morgan fingerprint density at radius 2 is 1.50 bits per heavy atom. The molecule has 0 aromatic heterocycles. The van der Waals surface area contributed by atoms with Crippen molar-refractivity contribution in [3.63, 3.8) is 0 Å². The molecule has 3 aromatic rings. The highest BCUT2D eigenvalue weighted by Crippen LogP contribution is 2.60. The molecule has 0 bridgehead atoms. The zero-order chi connectivity index (χ0) is 23.8. The van der Waals surface area contributed by atoms with Gasteiger partial charge in [-0.1, -0.05) is 48.6 Å². The summed E-state index contributed by atoms with van der Waals surface area (Å²) in [5, 5.41) is 0. The summed E-state index contributed by atoms with van der Waals surface area (Å²) in [4.78, 5) is 43.3. The molecule has 6 rings (SSSR count). The summed E-state index contributed by atoms with van der Waals surface area (Å²) >= 11 is 0. The number of benzene rings is 3. The van der Waals surface area contributed by atoms with Gasteiger partial charge in [0.05, 0.1) is 12.1 Å². The summed E-state index contributed by atoms with van der Waals surface area (Å²) in [6, 6.07) is 14.9. The molecule has 3 atom stereocenters. The van der Waals surface area contributed by atoms with Crippen LogP contribution in [-0.4, -0.2) is 29.4 Å². The molecule has 0 saturated carbocycles. The van der Waals surface area contributed by atoms with Crippen molar-refractivity contribution in [2.45, 2.75) is 24.9 Å². The average Bonchev–Trinajstić information content (AvgIpc) is 3.26. The number of nitrogens with zero attached hydrogens (tertiary/aromatic N) is 1. The Bertz CT molecular complexity index is 1390. The Balaban J connectivity index is 1.68. The van der Waals surface area contributed by atoms with E-state index in [2.05, 4.69) is 0 Å². The number of hydrogen-bond acceptors (Lipinski definition) is 4. The molecule has 3 aromatic carbocycles. The van der Waals surface area contributed by atoms with Crippen molar-refractivity contribution < 1.29 is 23.2 Å². The Hall–Kier alpha value is -3.93. The Kier molecular flexibility index (Phi) is 4.27. The lowest BCUT2D eigenvalue weighted by atomic mass is 9.64. The number of Topliss-reactive ketones (excluding diaryl/α,β-unsaturated/α-hetero) is 3. The molecular weight excluding hydrogens is 436 g/mol. The smallest absolute Gasteiger partial charge is 0.180 e. The molecule has 4 nitrogen and oxygen atoms in total. The lowest BCUT2D eigenvalue weighted by molar-refractivity contribution is -0.118. The van der Waals surface area contributed by atoms with Crippen LogP contribution in [0.3, 0.4) is 0 Å². The van der Waals surface area contributed by atoms with E-state index >= 15 is 0 Å². The molecule has 1 aliphatic carbocycles. The number of hydrogen-bond donors (Lipinski definition) is 0. The highest BCUT2D eigenvalue weighted by Gasteiger charge is 2.71. The third kappa shape index (κ3) is 2.48. The van der Waals surface area contributed by atoms with Crippen molar-refractivity contribution in [3.05, 3.63) is 107 Å². The summed E-state index contributed by atoms with van der Waals surface area (Å²) in [6.07, 6.45) is 3.43. The topological polar surface area (TPSA) is 54.5 Å². The van der Waals surface area contributed by atoms with E-state index in [4.69, 9.17) is 0 Å². The minimum absolute atomic E-state index is 0.238. The number of carbonyl (C=O) groups is 3. The third-order valence-corrected chi connectivity index (χ3v) is 7.41. The molecule has 1 fully saturated rings. The van der Waals surface area contributed by atoms with E-state index in [9.17, 15) is 23.2 Å². The summed E-state index contributed by atoms with van der Waals surface area (Å²) in [5.74, 6) is -2.68. The molecule has 1 spiro atoms. The van der Waals surface area contributed by atoms with Crippen molar-refractivity contribution in [2.24, 2.45) is 5.41 Å². The van der Waals surface area contributed by atoms with Gasteiger partial charge in [0.25, 0.3) is 0 Å². The summed E-state index contributed by atoms with van der Waals surface area (Å²) in [6.45, 7) is 1.43. The fraction of sp³-hybridized carbons (Fsp3) is 0.179. The van der Waals surface area contributed by atoms with Crippen LogP contribution in [0.1, 0.15) is 44.7 Å². The molecule has 0 amide bonds. The van der Waals surface area contributed by atoms with Gasteiger partial charge in [0.1, 0.15) is 17.0 Å². The number of fused-ring (bicyclic) bond motifs is 5. The molecular formula is C28H19F2NO3. The van der Waals surface area contributed by atoms with Crippen LogP contribution in [0.15, 0.2) is 72.8 Å². The number of ketones is 3. The second-order valence-corrected chi connectivity index (χ2v) is 9.07. The van der Waals surface area contributed by atoms with Gasteiger partial charge in [0.15, 0.2) is 17.3 Å². The first-order chi connectivity index (χ1) is 16.4. The van der Waals surface area contributed by atoms with Crippen LogP contribution in [0.4, 0.5) is 14.5 Å². The van der Waals surface area contributed by atoms with Gasteiger partial charge in [0, 0.05) is 28.3 Å². The van der Waals surface area contributed by atoms with Crippen LogP contribution in [-0.2, 0) is 4.79 Å². The van der Waals surface area contributed by atoms with Crippen molar-refractivity contribution in [3.8, 4) is 0 Å². The Morgan fingerprint density at radius 3 is 2.12 bits per heavy atom. The van der Waals surface area contributed by atoms with E-state index in [-0.39, 0.29) is 17.3 Å². The SMILES string of the molecule is CC(=O)[C@H]1[C@H](c2ccc(F)cc2)C2(C(=O)c3ccccc3C2=O)[C@H]2C=Cc3cc(F)ccc3N12. The normalized spacial score (nSPS) is 23.7. The summed E-state index contributed by atoms with van der Waals surface area (Å²) in [7, 11) is 0. The van der Waals surface area contributed by atoms with Crippen molar-refractivity contribution in [1.29, 1.82) is 0 Å². The zero-order valence-electron chi connectivity index (χ0n) is 18.2. The molecule has 6 heteroatoms. The van der Waals surface area contributed by atoms with E-state index in [1.165, 1.54) is 43.3 Å². The maximum absolute atomic E-state index is 14.1. The van der Waals surface area contributed by atoms with Crippen LogP contribution in [0, 0.1) is 17.0 Å². The third-order valence-electron chi connectivity index (χ3n) is 7.41. The molecule has 1 saturated heterocycles. The average molecular weight is 455 g/mol. The van der Waals surface area contributed by atoms with Crippen LogP contribution >= 0.6 is 0 Å². The number of halogens is 2. The minimum Gasteiger partial charge on any atom is -0.352 e. The maximum atomic E-state index is 14.1. The highest BCUT2D eigenvalue weighted by molar-refractivity contribution is 6.32. The van der Waals surface area contributed by atoms with Gasteiger partial charge in [-0.2, -0.15) is 0 Å². The van der Waals surface area contributed by atoms with E-state index in [0.29, 0.717) is 27.9 Å². The number of carbonyl (C=O) groups excluding carboxylic acids is 3. The van der Waals surface area contributed by atoms with E-state index < -0.39 is 35.1 Å². The van der Waals surface area contributed by atoms with Gasteiger partial charge < -0.3 is 4.90 Å². The Labute approximate surface area is 194 Å². The van der Waals surface area contributed by atoms with Crippen LogP contribution in [0.2, 0.25) is 0 Å². The highest BCUT2D eigenvalue weighted by atomic mass is 19.1. The lowest BCUT2D eigenvalue weighted by Crippen LogP contribution is -2.48. The minimum atomic E-state index is -1.61. The molecule has 3 aliphatic rings. The van der Waals surface area contributed by atoms with Crippen molar-refractivity contribution in [2.75, 3.05) is 4.90 Å². The van der Waals surface area contributed by atoms with E-state index in [0.717, 1.165) is 0 Å². The van der Waals surface area contributed by atoms with Gasteiger partial charge in [-0.3, -0.25) is 14.4 Å². The fourth-order valence-corrected chi connectivity index (χ4v) is 6.14. The standard InChI is InChI=1S/C28H19F2NO3/c1-15(32)25-24(16-6-9-18(29)10-7-16)28(26(33)20-4-2-3-5-21(20)27(28)34)23-13-8-17-14-19(30)11-12-22(17)31(23)25/h2-14,23-25H,1H3/t23-,24+,25+/m1/s1. The summed E-state index contributed by atoms with van der Waals surface area (Å²) < 4.78 is 27.8. The second-order valence-electron chi connectivity index (χ2n) is 9.07. The first kappa shape index (κ1) is 20.7. The summed E-state index contributed by atoms with van der Waals surface area (Å²) in [5.41, 5.74) is 0.703. The van der Waals surface area contributed by atoms with Gasteiger partial charge in [0.2, 0.25) is 0 Å². The van der Waals surface area contributed by atoms with Crippen molar-refractivity contribution >= 4 is 29.1 Å². The van der Waals surface area contributed by atoms with Gasteiger partial charge in [-0.15, -0.1) is 0 Å². The predicted molar refractivity (Wildman–Crippen MR) is 123 cm³/mol. The maximum Gasteiger partial charge on any atom is 0.180 e. The second kappa shape index (κ2) is 7.03. The molecule has 0 N–H and O–H groups in total. The van der Waals surface area contributed by atoms with Crippen molar-refractivity contribution in [1.82, 2.24) is 0 Å². The fourth-order valence-electron chi connectivity index (χ4n) is 6.14. The number of anilines is 1. The monoisotopic (exact) mass is 455 g/mol. The largest absolute Gasteiger partial charge is 0.352 e. The molecule has 168 valence electrons. The van der Waals surface area contributed by atoms with Gasteiger partial charge in [-0.05, 0) is 42.8 Å². The zero-order valence-corrected chi connectivity index (χ0v) is 18.2. The van der Waals surface area contributed by atoms with Crippen LogP contribution in [0.25, 0.3) is 6.08 Å². The van der Waals surface area contributed by atoms with E-state index in [1.807, 2.05) is 0 Å². The molecule has 0 radical (unpaired) electrons. The Morgan fingerprint density at radius 1 is 0.882 bits per heavy atom. The molecule has 0 unspecified atom stereocenters. The number of rotatable bonds is 2. The van der Waals surface area contributed by atoms with E-state index in [1.54, 1.807) is 47.4 Å². The van der Waals surface area contributed by atoms with Gasteiger partial charge in [-0.25, -0.2) is 8.78 Å². The van der Waals surface area contributed by atoms with Gasteiger partial charge >= 0.3 is 0 Å². The predicted octanol–water partition coefficient (Wildman–Crippen LogP) is 4.99. The first-order valence-electron chi connectivity index (χ1n) is 11.1. The molecule has 34 heavy (non-hydrogen) atoms. The van der Waals surface area contributed by atoms with Crippen LogP contribution in [0.5, 0.6) is 0 Å². The first-order valence-corrected chi connectivity index (χ1v) is 11.1. The molecule has 2 aliphatic heterocycles. The van der Waals surface area contributed by atoms with Crippen LogP contribution < -0.4 is 4.90 Å².